The van der Waals surface area contributed by atoms with Crippen molar-refractivity contribution in [1.29, 1.82) is 0 Å². The second-order valence-electron chi connectivity index (χ2n) is 9.34. The molecule has 4 atom stereocenters. The molecule has 0 spiro atoms. The molecule has 1 aliphatic carbocycles. The van der Waals surface area contributed by atoms with Gasteiger partial charge in [-0.25, -0.2) is 18.2 Å². The highest BCUT2D eigenvalue weighted by Crippen LogP contribution is 2.38. The molecule has 0 radical (unpaired) electrons. The van der Waals surface area contributed by atoms with E-state index >= 15 is 0 Å². The van der Waals surface area contributed by atoms with E-state index in [-0.39, 0.29) is 29.5 Å². The summed E-state index contributed by atoms with van der Waals surface area (Å²) in [6.45, 7) is 3.46. The first-order valence-corrected chi connectivity index (χ1v) is 12.0. The lowest BCUT2D eigenvalue weighted by atomic mass is 9.74. The van der Waals surface area contributed by atoms with Crippen LogP contribution >= 0.6 is 0 Å². The summed E-state index contributed by atoms with van der Waals surface area (Å²) in [5.74, 6) is -4.66. The highest BCUT2D eigenvalue weighted by molar-refractivity contribution is 6.03. The minimum atomic E-state index is -1.17. The lowest BCUT2D eigenvalue weighted by molar-refractivity contribution is 0.0521. The number of nitrogens with one attached hydrogen (secondary N) is 1. The van der Waals surface area contributed by atoms with Crippen LogP contribution in [0.25, 0.3) is 11.3 Å². The Morgan fingerprint density at radius 2 is 1.81 bits per heavy atom. The number of halogens is 3. The molecule has 2 heterocycles. The molecule has 2 aromatic heterocycles. The number of amides is 1. The molecule has 7 nitrogen and oxygen atoms in total. The molecule has 4 rings (SSSR count). The average molecular weight is 513 g/mol. The van der Waals surface area contributed by atoms with E-state index in [1.54, 1.807) is 19.2 Å². The molecule has 1 amide bonds. The number of rotatable bonds is 6. The normalized spacial score (nSPS) is 21.5. The van der Waals surface area contributed by atoms with Gasteiger partial charge < -0.3 is 16.2 Å². The Hall–Kier alpha value is -3.63. The van der Waals surface area contributed by atoms with Crippen LogP contribution in [-0.2, 0) is 0 Å². The van der Waals surface area contributed by atoms with Crippen LogP contribution in [0.5, 0.6) is 0 Å². The largest absolute Gasteiger partial charge is 0.391 e. The molecule has 0 aliphatic heterocycles. The maximum absolute atomic E-state index is 14.8. The van der Waals surface area contributed by atoms with Crippen molar-refractivity contribution in [3.8, 4) is 11.3 Å². The van der Waals surface area contributed by atoms with Gasteiger partial charge in [-0.3, -0.25) is 14.6 Å². The van der Waals surface area contributed by atoms with E-state index in [4.69, 9.17) is 5.73 Å². The van der Waals surface area contributed by atoms with E-state index in [0.29, 0.717) is 18.5 Å². The standard InChI is InChI=1S/C27H27F3N4O3/c1-3-23(35)15-9-18(29)24(19(30)10-15)25-17(28)4-5-21(33-25)27(37)34-22-12-32-7-6-16(22)14-8-13(2)26(36)20(31)11-14/h4-7,9-10,12-14,20,26,36H,3,8,11,31H2,1-2H3,(H,34,37)/t13-,14+,20+,26+/m0/s1. The second kappa shape index (κ2) is 10.8. The average Bonchev–Trinajstić information content (AvgIpc) is 2.87. The molecule has 1 aliphatic rings. The van der Waals surface area contributed by atoms with Crippen LogP contribution in [0.3, 0.4) is 0 Å². The third-order valence-corrected chi connectivity index (χ3v) is 6.78. The highest BCUT2D eigenvalue weighted by atomic mass is 19.1. The van der Waals surface area contributed by atoms with Crippen LogP contribution in [0, 0.1) is 23.4 Å². The minimum Gasteiger partial charge on any atom is -0.391 e. The number of benzene rings is 1. The summed E-state index contributed by atoms with van der Waals surface area (Å²) in [6.07, 6.45) is 3.62. The molecule has 1 saturated carbocycles. The molecule has 0 saturated heterocycles. The van der Waals surface area contributed by atoms with Crippen molar-refractivity contribution < 1.29 is 27.9 Å². The number of ketones is 1. The predicted molar refractivity (Wildman–Crippen MR) is 131 cm³/mol. The number of hydrogen-bond donors (Lipinski definition) is 3. The number of carbonyl (C=O) groups is 2. The van der Waals surface area contributed by atoms with Gasteiger partial charge >= 0.3 is 0 Å². The van der Waals surface area contributed by atoms with E-state index in [0.717, 1.165) is 29.8 Å². The summed E-state index contributed by atoms with van der Waals surface area (Å²) in [4.78, 5) is 32.9. The van der Waals surface area contributed by atoms with Crippen LogP contribution in [0.2, 0.25) is 0 Å². The molecule has 4 N–H and O–H groups in total. The van der Waals surface area contributed by atoms with Crippen LogP contribution in [0.1, 0.15) is 65.4 Å². The van der Waals surface area contributed by atoms with Crippen molar-refractivity contribution in [3.63, 3.8) is 0 Å². The lowest BCUT2D eigenvalue weighted by Crippen LogP contribution is -2.44. The smallest absolute Gasteiger partial charge is 0.274 e. The number of aliphatic hydroxyl groups excluding tert-OH is 1. The molecular weight excluding hydrogens is 485 g/mol. The maximum Gasteiger partial charge on any atom is 0.274 e. The number of anilines is 1. The van der Waals surface area contributed by atoms with Gasteiger partial charge in [-0.1, -0.05) is 13.8 Å². The first-order valence-electron chi connectivity index (χ1n) is 12.0. The molecule has 0 bridgehead atoms. The molecule has 1 fully saturated rings. The van der Waals surface area contributed by atoms with Crippen LogP contribution in [-0.4, -0.2) is 38.9 Å². The molecule has 194 valence electrons. The van der Waals surface area contributed by atoms with E-state index < -0.39 is 52.5 Å². The lowest BCUT2D eigenvalue weighted by Gasteiger charge is -2.36. The fourth-order valence-electron chi connectivity index (χ4n) is 4.79. The van der Waals surface area contributed by atoms with E-state index in [1.807, 2.05) is 6.92 Å². The number of nitrogens with zero attached hydrogens (tertiary/aromatic N) is 2. The molecule has 0 unspecified atom stereocenters. The number of carbonyl (C=O) groups excluding carboxylic acids is 2. The predicted octanol–water partition coefficient (Wildman–Crippen LogP) is 4.61. The summed E-state index contributed by atoms with van der Waals surface area (Å²) < 4.78 is 44.1. The van der Waals surface area contributed by atoms with Gasteiger partial charge in [0.15, 0.2) is 5.78 Å². The van der Waals surface area contributed by atoms with Gasteiger partial charge in [0.25, 0.3) is 5.91 Å². The van der Waals surface area contributed by atoms with Gasteiger partial charge in [-0.2, -0.15) is 0 Å². The SMILES string of the molecule is CCC(=O)c1cc(F)c(-c2nc(C(=O)Nc3cnccc3[C@H]3C[C@@H](N)[C@H](O)[C@@H](C)C3)ccc2F)c(F)c1. The number of aliphatic hydroxyl groups is 1. The Labute approximate surface area is 211 Å². The number of pyridine rings is 2. The van der Waals surface area contributed by atoms with E-state index in [1.165, 1.54) is 6.20 Å². The van der Waals surface area contributed by atoms with Gasteiger partial charge in [-0.15, -0.1) is 0 Å². The number of aromatic nitrogens is 2. The third-order valence-electron chi connectivity index (χ3n) is 6.78. The fourth-order valence-corrected chi connectivity index (χ4v) is 4.79. The van der Waals surface area contributed by atoms with Crippen molar-refractivity contribution in [1.82, 2.24) is 9.97 Å². The Morgan fingerprint density at radius 1 is 1.11 bits per heavy atom. The molecule has 37 heavy (non-hydrogen) atoms. The second-order valence-corrected chi connectivity index (χ2v) is 9.34. The van der Waals surface area contributed by atoms with Gasteiger partial charge in [-0.05, 0) is 60.6 Å². The third kappa shape index (κ3) is 5.40. The van der Waals surface area contributed by atoms with Crippen molar-refractivity contribution in [2.75, 3.05) is 5.32 Å². The quantitative estimate of drug-likeness (QED) is 0.415. The summed E-state index contributed by atoms with van der Waals surface area (Å²) in [5.41, 5.74) is 5.35. The highest BCUT2D eigenvalue weighted by Gasteiger charge is 2.34. The van der Waals surface area contributed by atoms with Gasteiger partial charge in [0.05, 0.1) is 23.6 Å². The minimum absolute atomic E-state index is 0.0448. The first-order chi connectivity index (χ1) is 17.6. The Morgan fingerprint density at radius 3 is 2.46 bits per heavy atom. The van der Waals surface area contributed by atoms with E-state index in [9.17, 15) is 27.9 Å². The van der Waals surface area contributed by atoms with Crippen LogP contribution in [0.4, 0.5) is 18.9 Å². The van der Waals surface area contributed by atoms with Crippen LogP contribution < -0.4 is 11.1 Å². The van der Waals surface area contributed by atoms with Gasteiger partial charge in [0.2, 0.25) is 0 Å². The van der Waals surface area contributed by atoms with Crippen molar-refractivity contribution in [3.05, 3.63) is 77.0 Å². The van der Waals surface area contributed by atoms with Crippen molar-refractivity contribution >= 4 is 17.4 Å². The fraction of sp³-hybridized carbons (Fsp3) is 0.333. The van der Waals surface area contributed by atoms with Gasteiger partial charge in [0, 0.05) is 24.2 Å². The van der Waals surface area contributed by atoms with Crippen molar-refractivity contribution in [2.24, 2.45) is 11.7 Å². The molecule has 3 aromatic rings. The summed E-state index contributed by atoms with van der Waals surface area (Å²) in [6, 6.07) is 4.99. The molecular formula is C27H27F3N4O3. The monoisotopic (exact) mass is 512 g/mol. The number of hydrogen-bond acceptors (Lipinski definition) is 6. The summed E-state index contributed by atoms with van der Waals surface area (Å²) in [5, 5.41) is 12.9. The van der Waals surface area contributed by atoms with Crippen molar-refractivity contribution in [2.45, 2.75) is 51.2 Å². The first kappa shape index (κ1) is 26.4. The molecule has 10 heteroatoms. The zero-order chi connectivity index (χ0) is 26.9. The zero-order valence-electron chi connectivity index (χ0n) is 20.3. The summed E-state index contributed by atoms with van der Waals surface area (Å²) in [7, 11) is 0. The Kier molecular flexibility index (Phi) is 7.70. The topological polar surface area (TPSA) is 118 Å². The van der Waals surface area contributed by atoms with Crippen LogP contribution in [0.15, 0.2) is 42.7 Å². The maximum atomic E-state index is 14.8. The van der Waals surface area contributed by atoms with E-state index in [2.05, 4.69) is 15.3 Å². The van der Waals surface area contributed by atoms with Gasteiger partial charge in [0.1, 0.15) is 28.8 Å². The molecule has 1 aromatic carbocycles. The Balaban J connectivity index is 1.64. The number of nitrogens with two attached hydrogens (primary N) is 1. The Bertz CT molecular complexity index is 1320. The number of Topliss-reactive ketones (excluding diaryl/α,β-unsaturated/α-hetero) is 1. The zero-order valence-corrected chi connectivity index (χ0v) is 20.3. The summed E-state index contributed by atoms with van der Waals surface area (Å²) >= 11 is 0.